The molecule has 0 radical (unpaired) electrons. The summed E-state index contributed by atoms with van der Waals surface area (Å²) in [6, 6.07) is 35.3. The third-order valence-corrected chi connectivity index (χ3v) is 6.90. The largest absolute Gasteiger partial charge is 0.340 e. The number of rotatable bonds is 8. The first-order valence-corrected chi connectivity index (χ1v) is 12.3. The lowest BCUT2D eigenvalue weighted by atomic mass is 10.1. The van der Waals surface area contributed by atoms with E-state index >= 15 is 0 Å². The summed E-state index contributed by atoms with van der Waals surface area (Å²) in [5.41, 5.74) is 5.63. The van der Waals surface area contributed by atoms with Gasteiger partial charge in [-0.1, -0.05) is 78.9 Å². The summed E-state index contributed by atoms with van der Waals surface area (Å²) in [5, 5.41) is 2.65. The molecule has 172 valence electrons. The molecule has 0 aliphatic heterocycles. The second-order valence-electron chi connectivity index (χ2n) is 9.11. The first-order chi connectivity index (χ1) is 17.3. The molecule has 0 aliphatic carbocycles. The molecule has 0 bridgehead atoms. The monoisotopic (exact) mass is 458 g/mol. The number of imidazole rings is 1. The maximum Gasteiger partial charge on any atom is 0.245 e. The van der Waals surface area contributed by atoms with Crippen LogP contribution in [0.4, 0.5) is 0 Å². The van der Waals surface area contributed by atoms with Gasteiger partial charge in [-0.25, -0.2) is 9.13 Å². The quantitative estimate of drug-likeness (QED) is 0.147. The molecule has 0 N–H and O–H groups in total. The van der Waals surface area contributed by atoms with E-state index in [1.54, 1.807) is 0 Å². The van der Waals surface area contributed by atoms with Crippen LogP contribution in [0.25, 0.3) is 32.8 Å². The van der Waals surface area contributed by atoms with Crippen molar-refractivity contribution in [3.63, 3.8) is 0 Å². The molecule has 2 heterocycles. The van der Waals surface area contributed by atoms with Crippen LogP contribution in [0.15, 0.2) is 109 Å². The van der Waals surface area contributed by atoms with E-state index in [-0.39, 0.29) is 5.78 Å². The van der Waals surface area contributed by atoms with Gasteiger partial charge in [-0.05, 0) is 37.1 Å². The third-order valence-electron chi connectivity index (χ3n) is 6.90. The van der Waals surface area contributed by atoms with Crippen molar-refractivity contribution in [3.8, 4) is 0 Å². The van der Waals surface area contributed by atoms with Gasteiger partial charge in [0.05, 0.1) is 6.54 Å². The van der Waals surface area contributed by atoms with Crippen molar-refractivity contribution >= 4 is 38.6 Å². The Morgan fingerprint density at radius 3 is 1.91 bits per heavy atom. The van der Waals surface area contributed by atoms with Crippen LogP contribution in [-0.4, -0.2) is 14.9 Å². The molecule has 0 saturated heterocycles. The lowest BCUT2D eigenvalue weighted by Crippen LogP contribution is -2.36. The molecule has 0 aliphatic rings. The van der Waals surface area contributed by atoms with Crippen molar-refractivity contribution in [2.75, 3.05) is 0 Å². The van der Waals surface area contributed by atoms with Crippen LogP contribution in [-0.2, 0) is 19.6 Å². The number of hydrogen-bond acceptors (Lipinski definition) is 1. The number of unbranched alkanes of at least 4 members (excludes halogenated alkanes) is 1. The molecular weight excluding hydrogens is 430 g/mol. The molecule has 4 aromatic carbocycles. The number of nitrogens with zero attached hydrogens (tertiary/aromatic N) is 3. The van der Waals surface area contributed by atoms with E-state index in [2.05, 4.69) is 86.8 Å². The minimum absolute atomic E-state index is 0.130. The highest BCUT2D eigenvalue weighted by Gasteiger charge is 2.18. The Morgan fingerprint density at radius 1 is 0.629 bits per heavy atom. The Hall–Kier alpha value is -4.18. The van der Waals surface area contributed by atoms with Gasteiger partial charge in [0.1, 0.15) is 0 Å². The number of Topliss-reactive ketones (excluding diaryl/α,β-unsaturated/α-hetero) is 1. The van der Waals surface area contributed by atoms with Crippen LogP contribution in [0.3, 0.4) is 0 Å². The van der Waals surface area contributed by atoms with Crippen LogP contribution < -0.4 is 4.57 Å². The smallest absolute Gasteiger partial charge is 0.245 e. The molecule has 6 rings (SSSR count). The predicted octanol–water partition coefficient (Wildman–Crippen LogP) is 6.40. The molecule has 6 aromatic rings. The molecule has 2 aromatic heterocycles. The van der Waals surface area contributed by atoms with Crippen molar-refractivity contribution in [2.45, 2.75) is 32.5 Å². The standard InChI is InChI=1S/C31H28N3O/c35-31(24-12-2-1-3-13-24)22-33-23-32(29-18-8-9-19-30(29)33)20-10-11-21-34-27-16-6-4-14-25(27)26-15-5-7-17-28(26)34/h1-9,12-19,23H,10-11,20-22H2/q+1. The van der Waals surface area contributed by atoms with E-state index in [0.717, 1.165) is 37.0 Å². The number of ketones is 1. The number of para-hydroxylation sites is 4. The van der Waals surface area contributed by atoms with Gasteiger partial charge in [0.15, 0.2) is 17.6 Å². The van der Waals surface area contributed by atoms with Gasteiger partial charge in [-0.2, -0.15) is 0 Å². The minimum Gasteiger partial charge on any atom is -0.340 e. The topological polar surface area (TPSA) is 30.8 Å². The number of carbonyl (C=O) groups excluding carboxylic acids is 1. The maximum absolute atomic E-state index is 12.8. The fourth-order valence-corrected chi connectivity index (χ4v) is 5.21. The van der Waals surface area contributed by atoms with Gasteiger partial charge >= 0.3 is 0 Å². The van der Waals surface area contributed by atoms with Gasteiger partial charge in [-0.3, -0.25) is 4.79 Å². The summed E-state index contributed by atoms with van der Waals surface area (Å²) in [6.07, 6.45) is 4.25. The number of benzene rings is 4. The predicted molar refractivity (Wildman–Crippen MR) is 142 cm³/mol. The SMILES string of the molecule is O=C(C[n+]1cn(CCCCn2c3ccccc3c3ccccc32)c2ccccc21)c1ccccc1. The molecular formula is C31H28N3O+. The van der Waals surface area contributed by atoms with Crippen molar-refractivity contribution in [1.82, 2.24) is 9.13 Å². The lowest BCUT2D eigenvalue weighted by molar-refractivity contribution is -0.658. The zero-order valence-corrected chi connectivity index (χ0v) is 19.7. The maximum atomic E-state index is 12.8. The van der Waals surface area contributed by atoms with E-state index in [9.17, 15) is 4.79 Å². The summed E-state index contributed by atoms with van der Waals surface area (Å²) in [7, 11) is 0. The van der Waals surface area contributed by atoms with E-state index in [0.29, 0.717) is 6.54 Å². The Bertz CT molecular complexity index is 1590. The number of aryl methyl sites for hydroxylation is 2. The number of fused-ring (bicyclic) bond motifs is 4. The van der Waals surface area contributed by atoms with Crippen molar-refractivity contribution in [3.05, 3.63) is 115 Å². The summed E-state index contributed by atoms with van der Waals surface area (Å²) in [5.74, 6) is 0.130. The average Bonchev–Trinajstić information content (AvgIpc) is 3.43. The number of carbonyl (C=O) groups is 1. The number of aromatic nitrogens is 3. The Balaban J connectivity index is 1.20. The van der Waals surface area contributed by atoms with E-state index < -0.39 is 0 Å². The first-order valence-electron chi connectivity index (χ1n) is 12.3. The molecule has 0 atom stereocenters. The van der Waals surface area contributed by atoms with Crippen LogP contribution >= 0.6 is 0 Å². The van der Waals surface area contributed by atoms with Crippen LogP contribution in [0, 0.1) is 0 Å². The summed E-state index contributed by atoms with van der Waals surface area (Å²) < 4.78 is 6.83. The second-order valence-corrected chi connectivity index (χ2v) is 9.11. The van der Waals surface area contributed by atoms with Crippen LogP contribution in [0.5, 0.6) is 0 Å². The van der Waals surface area contributed by atoms with Gasteiger partial charge in [0.25, 0.3) is 0 Å². The molecule has 0 spiro atoms. The molecule has 0 unspecified atom stereocenters. The van der Waals surface area contributed by atoms with Gasteiger partial charge in [0.2, 0.25) is 12.1 Å². The first kappa shape index (κ1) is 21.4. The third kappa shape index (κ3) is 4.01. The van der Waals surface area contributed by atoms with Crippen molar-refractivity contribution in [1.29, 1.82) is 0 Å². The Labute approximate surface area is 204 Å². The normalized spacial score (nSPS) is 11.5. The summed E-state index contributed by atoms with van der Waals surface area (Å²) in [4.78, 5) is 12.8. The highest BCUT2D eigenvalue weighted by molar-refractivity contribution is 6.07. The molecule has 35 heavy (non-hydrogen) atoms. The lowest BCUT2D eigenvalue weighted by Gasteiger charge is -2.07. The second kappa shape index (κ2) is 9.22. The molecule has 0 fully saturated rings. The number of hydrogen-bond donors (Lipinski definition) is 0. The molecule has 4 nitrogen and oxygen atoms in total. The van der Waals surface area contributed by atoms with E-state index in [1.165, 1.54) is 27.3 Å². The summed E-state index contributed by atoms with van der Waals surface area (Å²) >= 11 is 0. The summed E-state index contributed by atoms with van der Waals surface area (Å²) in [6.45, 7) is 2.25. The molecule has 0 saturated carbocycles. The zero-order chi connectivity index (χ0) is 23.6. The van der Waals surface area contributed by atoms with Crippen molar-refractivity contribution < 1.29 is 9.36 Å². The highest BCUT2D eigenvalue weighted by atomic mass is 16.1. The minimum atomic E-state index is 0.130. The fourth-order valence-electron chi connectivity index (χ4n) is 5.21. The van der Waals surface area contributed by atoms with Crippen molar-refractivity contribution in [2.24, 2.45) is 0 Å². The molecule has 4 heteroatoms. The highest BCUT2D eigenvalue weighted by Crippen LogP contribution is 2.29. The van der Waals surface area contributed by atoms with E-state index in [1.807, 2.05) is 36.4 Å². The van der Waals surface area contributed by atoms with E-state index in [4.69, 9.17) is 0 Å². The molecule has 0 amide bonds. The zero-order valence-electron chi connectivity index (χ0n) is 19.7. The average molecular weight is 459 g/mol. The van der Waals surface area contributed by atoms with Crippen LogP contribution in [0.2, 0.25) is 0 Å². The Morgan fingerprint density at radius 2 is 1.20 bits per heavy atom. The van der Waals surface area contributed by atoms with Gasteiger partial charge in [0, 0.05) is 33.9 Å². The Kier molecular flexibility index (Phi) is 5.63. The van der Waals surface area contributed by atoms with Gasteiger partial charge in [-0.15, -0.1) is 0 Å². The van der Waals surface area contributed by atoms with Gasteiger partial charge < -0.3 is 4.57 Å². The fraction of sp³-hybridized carbons (Fsp3) is 0.161. The van der Waals surface area contributed by atoms with Crippen LogP contribution in [0.1, 0.15) is 23.2 Å².